The highest BCUT2D eigenvalue weighted by atomic mass is 16.5. The van der Waals surface area contributed by atoms with E-state index in [0.29, 0.717) is 0 Å². The number of aliphatic carboxylic acids is 1. The van der Waals surface area contributed by atoms with Gasteiger partial charge in [0, 0.05) is 19.4 Å². The van der Waals surface area contributed by atoms with E-state index >= 15 is 0 Å². The van der Waals surface area contributed by atoms with Crippen LogP contribution in [-0.2, 0) is 14.3 Å². The molecule has 0 aromatic carbocycles. The van der Waals surface area contributed by atoms with Crippen LogP contribution in [0, 0.1) is 0 Å². The zero-order valence-electron chi connectivity index (χ0n) is 7.64. The summed E-state index contributed by atoms with van der Waals surface area (Å²) in [5.41, 5.74) is -1.16. The van der Waals surface area contributed by atoms with Gasteiger partial charge in [0.2, 0.25) is 0 Å². The lowest BCUT2D eigenvalue weighted by Crippen LogP contribution is -2.32. The molecule has 0 amide bonds. The highest BCUT2D eigenvalue weighted by Crippen LogP contribution is 2.20. The molecule has 1 aliphatic rings. The lowest BCUT2D eigenvalue weighted by molar-refractivity contribution is -0.146. The Labute approximate surface area is 80.3 Å². The van der Waals surface area contributed by atoms with Gasteiger partial charge in [0.25, 0.3) is 0 Å². The third-order valence-corrected chi connectivity index (χ3v) is 1.64. The van der Waals surface area contributed by atoms with Crippen molar-refractivity contribution in [2.75, 3.05) is 6.61 Å². The smallest absolute Gasteiger partial charge is 0.307 e. The van der Waals surface area contributed by atoms with Gasteiger partial charge in [0.1, 0.15) is 6.61 Å². The van der Waals surface area contributed by atoms with E-state index in [0.717, 1.165) is 0 Å². The third-order valence-electron chi connectivity index (χ3n) is 1.64. The molecule has 1 rings (SSSR count). The van der Waals surface area contributed by atoms with Crippen LogP contribution in [0.25, 0.3) is 0 Å². The number of nitrogens with zero attached hydrogens (tertiary/aromatic N) is 2. The molecule has 14 heavy (non-hydrogen) atoms. The Kier molecular flexibility index (Phi) is 2.95. The summed E-state index contributed by atoms with van der Waals surface area (Å²) in [7, 11) is 0. The summed E-state index contributed by atoms with van der Waals surface area (Å²) < 4.78 is 4.70. The number of esters is 1. The predicted molar refractivity (Wildman–Crippen MR) is 48.6 cm³/mol. The van der Waals surface area contributed by atoms with Gasteiger partial charge in [-0.25, -0.2) is 0 Å². The van der Waals surface area contributed by atoms with E-state index in [1.807, 2.05) is 0 Å². The minimum absolute atomic E-state index is 0.137. The van der Waals surface area contributed by atoms with E-state index < -0.39 is 17.6 Å². The first-order chi connectivity index (χ1) is 6.54. The molecule has 1 aliphatic heterocycles. The molecule has 0 saturated heterocycles. The number of ether oxygens (including phenoxy) is 1. The zero-order chi connectivity index (χ0) is 10.6. The molecular weight excluding hydrogens is 188 g/mol. The van der Waals surface area contributed by atoms with Crippen LogP contribution in [0.5, 0.6) is 0 Å². The van der Waals surface area contributed by atoms with E-state index in [4.69, 9.17) is 9.84 Å². The standard InChI is InChI=1S/C8H10N2O4/c1-6(11)14-5-8(4-7(12)13)9-2-3-10-8/h2-3H,4-5H2,1H3,(H,12,13). The van der Waals surface area contributed by atoms with Gasteiger partial charge in [0.05, 0.1) is 6.42 Å². The molecule has 76 valence electrons. The minimum atomic E-state index is -1.16. The van der Waals surface area contributed by atoms with E-state index in [1.165, 1.54) is 19.4 Å². The monoisotopic (exact) mass is 198 g/mol. The van der Waals surface area contributed by atoms with Gasteiger partial charge in [0.15, 0.2) is 5.66 Å². The molecule has 0 atom stereocenters. The minimum Gasteiger partial charge on any atom is -0.481 e. The second kappa shape index (κ2) is 3.99. The predicted octanol–water partition coefficient (Wildman–Crippen LogP) is -0.124. The number of carbonyl (C=O) groups excluding carboxylic acids is 1. The van der Waals surface area contributed by atoms with Crippen molar-refractivity contribution in [1.82, 2.24) is 0 Å². The van der Waals surface area contributed by atoms with Crippen LogP contribution in [0.3, 0.4) is 0 Å². The summed E-state index contributed by atoms with van der Waals surface area (Å²) in [6, 6.07) is 0. The lowest BCUT2D eigenvalue weighted by Gasteiger charge is -2.19. The number of carboxylic acids is 1. The van der Waals surface area contributed by atoms with Crippen LogP contribution < -0.4 is 0 Å². The molecule has 1 heterocycles. The van der Waals surface area contributed by atoms with E-state index in [1.54, 1.807) is 0 Å². The van der Waals surface area contributed by atoms with Gasteiger partial charge < -0.3 is 9.84 Å². The SMILES string of the molecule is CC(=O)OCC1(CC(=O)O)N=CC=N1. The Bertz CT molecular complexity index is 296. The van der Waals surface area contributed by atoms with E-state index in [-0.39, 0.29) is 13.0 Å². The molecule has 0 fully saturated rings. The first-order valence-corrected chi connectivity index (χ1v) is 3.98. The van der Waals surface area contributed by atoms with E-state index in [9.17, 15) is 9.59 Å². The second-order valence-corrected chi connectivity index (χ2v) is 2.89. The molecule has 0 spiro atoms. The number of hydrogen-bond donors (Lipinski definition) is 1. The van der Waals surface area contributed by atoms with Crippen LogP contribution >= 0.6 is 0 Å². The molecule has 0 aromatic rings. The number of hydrogen-bond acceptors (Lipinski definition) is 5. The van der Waals surface area contributed by atoms with Crippen LogP contribution in [0.4, 0.5) is 0 Å². The maximum atomic E-state index is 10.6. The molecule has 0 aromatic heterocycles. The number of aliphatic imine (C=N–C) groups is 2. The topological polar surface area (TPSA) is 88.3 Å². The summed E-state index contributed by atoms with van der Waals surface area (Å²) in [5.74, 6) is -1.51. The maximum absolute atomic E-state index is 10.6. The first-order valence-electron chi connectivity index (χ1n) is 3.98. The number of carbonyl (C=O) groups is 2. The van der Waals surface area contributed by atoms with Crippen molar-refractivity contribution in [3.63, 3.8) is 0 Å². The van der Waals surface area contributed by atoms with Gasteiger partial charge >= 0.3 is 11.9 Å². The van der Waals surface area contributed by atoms with Crippen LogP contribution in [0.1, 0.15) is 13.3 Å². The second-order valence-electron chi connectivity index (χ2n) is 2.89. The van der Waals surface area contributed by atoms with Crippen molar-refractivity contribution < 1.29 is 19.4 Å². The van der Waals surface area contributed by atoms with Crippen LogP contribution in [0.2, 0.25) is 0 Å². The summed E-state index contributed by atoms with van der Waals surface area (Å²) in [6.07, 6.45) is 2.51. The first kappa shape index (κ1) is 10.4. The Hall–Kier alpha value is -1.72. The summed E-state index contributed by atoms with van der Waals surface area (Å²) >= 11 is 0. The van der Waals surface area contributed by atoms with Gasteiger partial charge in [-0.15, -0.1) is 0 Å². The molecule has 0 unspecified atom stereocenters. The summed E-state index contributed by atoms with van der Waals surface area (Å²) in [5, 5.41) is 8.62. The number of rotatable bonds is 4. The Morgan fingerprint density at radius 1 is 1.43 bits per heavy atom. The third kappa shape index (κ3) is 2.65. The average molecular weight is 198 g/mol. The van der Waals surface area contributed by atoms with Crippen molar-refractivity contribution >= 4 is 24.4 Å². The fourth-order valence-corrected chi connectivity index (χ4v) is 1.05. The molecule has 0 bridgehead atoms. The average Bonchev–Trinajstić information content (AvgIpc) is 2.49. The number of carboxylic acid groups (broad SMARTS) is 1. The normalized spacial score (nSPS) is 16.9. The van der Waals surface area contributed by atoms with Crippen molar-refractivity contribution in [2.45, 2.75) is 19.0 Å². The fourth-order valence-electron chi connectivity index (χ4n) is 1.05. The molecule has 1 N–H and O–H groups in total. The largest absolute Gasteiger partial charge is 0.481 e. The Balaban J connectivity index is 2.63. The molecule has 6 heteroatoms. The van der Waals surface area contributed by atoms with E-state index in [2.05, 4.69) is 9.98 Å². The highest BCUT2D eigenvalue weighted by molar-refractivity contribution is 6.17. The zero-order valence-corrected chi connectivity index (χ0v) is 7.64. The van der Waals surface area contributed by atoms with Gasteiger partial charge in [-0.05, 0) is 0 Å². The Morgan fingerprint density at radius 3 is 2.43 bits per heavy atom. The summed E-state index contributed by atoms with van der Waals surface area (Å²) in [4.78, 5) is 28.8. The molecule has 6 nitrogen and oxygen atoms in total. The van der Waals surface area contributed by atoms with Crippen LogP contribution in [0.15, 0.2) is 9.98 Å². The van der Waals surface area contributed by atoms with Crippen molar-refractivity contribution in [3.8, 4) is 0 Å². The van der Waals surface area contributed by atoms with Crippen molar-refractivity contribution in [1.29, 1.82) is 0 Å². The Morgan fingerprint density at radius 2 is 2.00 bits per heavy atom. The van der Waals surface area contributed by atoms with Gasteiger partial charge in [-0.2, -0.15) is 0 Å². The van der Waals surface area contributed by atoms with Gasteiger partial charge in [-0.1, -0.05) is 0 Å². The van der Waals surface area contributed by atoms with Crippen molar-refractivity contribution in [2.24, 2.45) is 9.98 Å². The molecule has 0 radical (unpaired) electrons. The quantitative estimate of drug-likeness (QED) is 0.637. The van der Waals surface area contributed by atoms with Gasteiger partial charge in [-0.3, -0.25) is 19.6 Å². The molecule has 0 aliphatic carbocycles. The van der Waals surface area contributed by atoms with Crippen molar-refractivity contribution in [3.05, 3.63) is 0 Å². The maximum Gasteiger partial charge on any atom is 0.307 e. The highest BCUT2D eigenvalue weighted by Gasteiger charge is 2.34. The van der Waals surface area contributed by atoms with Crippen LogP contribution in [-0.4, -0.2) is 41.7 Å². The fraction of sp³-hybridized carbons (Fsp3) is 0.500. The lowest BCUT2D eigenvalue weighted by atomic mass is 10.1. The molecular formula is C8H10N2O4. The summed E-state index contributed by atoms with van der Waals surface area (Å²) in [6.45, 7) is 1.11. The molecule has 0 saturated carbocycles.